The molecule has 0 fully saturated rings. The highest BCUT2D eigenvalue weighted by Gasteiger charge is 2.30. The van der Waals surface area contributed by atoms with Gasteiger partial charge in [-0.15, -0.1) is 0 Å². The van der Waals surface area contributed by atoms with Gasteiger partial charge in [-0.3, -0.25) is 9.88 Å². The van der Waals surface area contributed by atoms with Crippen molar-refractivity contribution in [2.75, 3.05) is 20.1 Å². The van der Waals surface area contributed by atoms with E-state index in [1.54, 1.807) is 6.92 Å². The SMILES string of the molecule is CC(CN(C)CC(F)(F)F)C(O)c1ccc(F)cn1. The van der Waals surface area contributed by atoms with Crippen molar-refractivity contribution in [1.82, 2.24) is 9.88 Å². The first-order chi connectivity index (χ1) is 8.69. The summed E-state index contributed by atoms with van der Waals surface area (Å²) in [6.07, 6.45) is -4.34. The Hall–Kier alpha value is -1.21. The molecule has 0 aliphatic carbocycles. The molecule has 0 saturated carbocycles. The highest BCUT2D eigenvalue weighted by molar-refractivity contribution is 5.08. The summed E-state index contributed by atoms with van der Waals surface area (Å²) in [6, 6.07) is 2.47. The van der Waals surface area contributed by atoms with E-state index in [9.17, 15) is 22.7 Å². The molecule has 1 heterocycles. The lowest BCUT2D eigenvalue weighted by Crippen LogP contribution is -2.35. The monoisotopic (exact) mass is 280 g/mol. The molecule has 0 aliphatic heterocycles. The first-order valence-corrected chi connectivity index (χ1v) is 5.74. The van der Waals surface area contributed by atoms with Crippen LogP contribution in [0.4, 0.5) is 17.6 Å². The van der Waals surface area contributed by atoms with Gasteiger partial charge in [-0.1, -0.05) is 6.92 Å². The van der Waals surface area contributed by atoms with E-state index in [0.717, 1.165) is 17.2 Å². The summed E-state index contributed by atoms with van der Waals surface area (Å²) in [4.78, 5) is 4.80. The normalized spacial score (nSPS) is 15.6. The van der Waals surface area contributed by atoms with Gasteiger partial charge in [0, 0.05) is 12.5 Å². The van der Waals surface area contributed by atoms with E-state index in [1.165, 1.54) is 13.1 Å². The molecule has 0 aliphatic rings. The minimum Gasteiger partial charge on any atom is -0.386 e. The maximum Gasteiger partial charge on any atom is 0.401 e. The predicted molar refractivity (Wildman–Crippen MR) is 61.9 cm³/mol. The maximum absolute atomic E-state index is 12.7. The minimum atomic E-state index is -4.27. The molecule has 0 spiro atoms. The number of aliphatic hydroxyl groups excluding tert-OH is 1. The smallest absolute Gasteiger partial charge is 0.386 e. The van der Waals surface area contributed by atoms with Crippen LogP contribution in [0.3, 0.4) is 0 Å². The molecule has 7 heteroatoms. The zero-order valence-electron chi connectivity index (χ0n) is 10.7. The Morgan fingerprint density at radius 1 is 1.37 bits per heavy atom. The molecule has 2 atom stereocenters. The highest BCUT2D eigenvalue weighted by atomic mass is 19.4. The number of nitrogens with zero attached hydrogens (tertiary/aromatic N) is 2. The van der Waals surface area contributed by atoms with E-state index in [2.05, 4.69) is 4.98 Å². The summed E-state index contributed by atoms with van der Waals surface area (Å²) in [5.74, 6) is -0.983. The first kappa shape index (κ1) is 15.8. The Morgan fingerprint density at radius 3 is 2.47 bits per heavy atom. The molecule has 1 N–H and O–H groups in total. The molecule has 0 amide bonds. The van der Waals surface area contributed by atoms with Crippen LogP contribution in [0.5, 0.6) is 0 Å². The van der Waals surface area contributed by atoms with Crippen molar-refractivity contribution in [3.63, 3.8) is 0 Å². The van der Waals surface area contributed by atoms with Crippen molar-refractivity contribution >= 4 is 0 Å². The van der Waals surface area contributed by atoms with Crippen LogP contribution in [-0.2, 0) is 0 Å². The lowest BCUT2D eigenvalue weighted by molar-refractivity contribution is -0.145. The van der Waals surface area contributed by atoms with Crippen molar-refractivity contribution in [2.24, 2.45) is 5.92 Å². The third-order valence-electron chi connectivity index (χ3n) is 2.64. The van der Waals surface area contributed by atoms with Crippen molar-refractivity contribution in [3.8, 4) is 0 Å². The van der Waals surface area contributed by atoms with Crippen molar-refractivity contribution < 1.29 is 22.7 Å². The summed E-state index contributed by atoms with van der Waals surface area (Å²) >= 11 is 0. The molecule has 2 unspecified atom stereocenters. The average Bonchev–Trinajstić information content (AvgIpc) is 2.26. The second kappa shape index (κ2) is 6.29. The van der Waals surface area contributed by atoms with Crippen molar-refractivity contribution in [2.45, 2.75) is 19.2 Å². The fourth-order valence-electron chi connectivity index (χ4n) is 1.82. The molecular formula is C12H16F4N2O. The van der Waals surface area contributed by atoms with Gasteiger partial charge in [0.25, 0.3) is 0 Å². The van der Waals surface area contributed by atoms with E-state index in [0.29, 0.717) is 0 Å². The number of hydrogen-bond acceptors (Lipinski definition) is 3. The fraction of sp³-hybridized carbons (Fsp3) is 0.583. The number of rotatable bonds is 5. The van der Waals surface area contributed by atoms with Crippen LogP contribution in [0.1, 0.15) is 18.7 Å². The van der Waals surface area contributed by atoms with Gasteiger partial charge in [-0.2, -0.15) is 13.2 Å². The highest BCUT2D eigenvalue weighted by Crippen LogP contribution is 2.22. The van der Waals surface area contributed by atoms with Gasteiger partial charge in [0.1, 0.15) is 5.82 Å². The molecule has 0 saturated heterocycles. The standard InChI is InChI=1S/C12H16F4N2O/c1-8(6-18(2)7-12(14,15)16)11(19)10-4-3-9(13)5-17-10/h3-5,8,11,19H,6-7H2,1-2H3. The zero-order valence-corrected chi connectivity index (χ0v) is 10.7. The molecule has 3 nitrogen and oxygen atoms in total. The van der Waals surface area contributed by atoms with Crippen LogP contribution in [0.2, 0.25) is 0 Å². The lowest BCUT2D eigenvalue weighted by atomic mass is 10.0. The van der Waals surface area contributed by atoms with Gasteiger partial charge in [-0.05, 0) is 19.2 Å². The zero-order chi connectivity index (χ0) is 14.6. The Balaban J connectivity index is 2.57. The third kappa shape index (κ3) is 5.52. The van der Waals surface area contributed by atoms with Crippen LogP contribution in [0, 0.1) is 11.7 Å². The summed E-state index contributed by atoms with van der Waals surface area (Å²) < 4.78 is 49.2. The number of halogens is 4. The van der Waals surface area contributed by atoms with Gasteiger partial charge < -0.3 is 5.11 Å². The number of aromatic nitrogens is 1. The van der Waals surface area contributed by atoms with Gasteiger partial charge >= 0.3 is 6.18 Å². The molecule has 1 aromatic heterocycles. The number of hydrogen-bond donors (Lipinski definition) is 1. The van der Waals surface area contributed by atoms with Crippen LogP contribution in [0.25, 0.3) is 0 Å². The Bertz CT molecular complexity index is 394. The number of aliphatic hydroxyl groups is 1. The van der Waals surface area contributed by atoms with Gasteiger partial charge in [0.2, 0.25) is 0 Å². The summed E-state index contributed by atoms with van der Waals surface area (Å²) in [7, 11) is 1.33. The van der Waals surface area contributed by atoms with Gasteiger partial charge in [0.05, 0.1) is 24.5 Å². The Morgan fingerprint density at radius 2 is 2.00 bits per heavy atom. The Kier molecular flexibility index (Phi) is 5.25. The second-order valence-electron chi connectivity index (χ2n) is 4.64. The molecule has 1 aromatic rings. The van der Waals surface area contributed by atoms with Crippen LogP contribution in [0.15, 0.2) is 18.3 Å². The summed E-state index contributed by atoms with van der Waals surface area (Å²) in [5.41, 5.74) is 0.245. The molecule has 108 valence electrons. The maximum atomic E-state index is 12.7. The van der Waals surface area contributed by atoms with E-state index in [-0.39, 0.29) is 12.2 Å². The molecule has 0 aromatic carbocycles. The van der Waals surface area contributed by atoms with Gasteiger partial charge in [0.15, 0.2) is 0 Å². The molecular weight excluding hydrogens is 264 g/mol. The largest absolute Gasteiger partial charge is 0.401 e. The second-order valence-corrected chi connectivity index (χ2v) is 4.64. The minimum absolute atomic E-state index is 0.0553. The molecule has 0 bridgehead atoms. The quantitative estimate of drug-likeness (QED) is 0.841. The van der Waals surface area contributed by atoms with E-state index in [1.807, 2.05) is 0 Å². The number of alkyl halides is 3. The Labute approximate surface area is 108 Å². The van der Waals surface area contributed by atoms with Crippen LogP contribution < -0.4 is 0 Å². The van der Waals surface area contributed by atoms with Crippen molar-refractivity contribution in [1.29, 1.82) is 0 Å². The van der Waals surface area contributed by atoms with Gasteiger partial charge in [-0.25, -0.2) is 4.39 Å². The van der Waals surface area contributed by atoms with E-state index < -0.39 is 30.6 Å². The van der Waals surface area contributed by atoms with Crippen LogP contribution >= 0.6 is 0 Å². The summed E-state index contributed by atoms with van der Waals surface area (Å²) in [5, 5.41) is 9.93. The van der Waals surface area contributed by atoms with E-state index >= 15 is 0 Å². The van der Waals surface area contributed by atoms with Crippen molar-refractivity contribution in [3.05, 3.63) is 29.8 Å². The van der Waals surface area contributed by atoms with E-state index in [4.69, 9.17) is 0 Å². The molecule has 19 heavy (non-hydrogen) atoms. The molecule has 0 radical (unpaired) electrons. The molecule has 1 rings (SSSR count). The number of pyridine rings is 1. The fourth-order valence-corrected chi connectivity index (χ4v) is 1.82. The van der Waals surface area contributed by atoms with Crippen LogP contribution in [-0.4, -0.2) is 41.3 Å². The lowest BCUT2D eigenvalue weighted by Gasteiger charge is -2.25. The summed E-state index contributed by atoms with van der Waals surface area (Å²) in [6.45, 7) is 0.628. The third-order valence-corrected chi connectivity index (χ3v) is 2.64. The first-order valence-electron chi connectivity index (χ1n) is 5.74. The average molecular weight is 280 g/mol. The topological polar surface area (TPSA) is 36.4 Å². The predicted octanol–water partition coefficient (Wildman–Crippen LogP) is 2.38.